The van der Waals surface area contributed by atoms with Gasteiger partial charge in [0.15, 0.2) is 0 Å². The predicted octanol–water partition coefficient (Wildman–Crippen LogP) is 1.21. The van der Waals surface area contributed by atoms with Gasteiger partial charge in [0.05, 0.1) is 11.5 Å². The maximum atomic E-state index is 9.25. The SMILES string of the molecule is [B]c1cc(C2(C#N)CCCC2)ccn1. The van der Waals surface area contributed by atoms with E-state index in [0.717, 1.165) is 31.2 Å². The van der Waals surface area contributed by atoms with Crippen LogP contribution in [0.25, 0.3) is 0 Å². The normalized spacial score (nSPS) is 19.1. The second-order valence-corrected chi connectivity index (χ2v) is 3.87. The van der Waals surface area contributed by atoms with Gasteiger partial charge in [-0.25, -0.2) is 0 Å². The third-order valence-electron chi connectivity index (χ3n) is 3.00. The molecule has 0 atom stereocenters. The number of hydrogen-bond acceptors (Lipinski definition) is 2. The van der Waals surface area contributed by atoms with Crippen LogP contribution in [0.5, 0.6) is 0 Å². The molecule has 68 valence electrons. The average molecular weight is 182 g/mol. The van der Waals surface area contributed by atoms with Gasteiger partial charge in [-0.15, -0.1) is 0 Å². The van der Waals surface area contributed by atoms with Gasteiger partial charge in [-0.3, -0.25) is 4.98 Å². The summed E-state index contributed by atoms with van der Waals surface area (Å²) < 4.78 is 0. The Morgan fingerprint density at radius 1 is 1.43 bits per heavy atom. The van der Waals surface area contributed by atoms with Gasteiger partial charge in [0.1, 0.15) is 7.85 Å². The molecule has 2 radical (unpaired) electrons. The molecule has 3 heteroatoms. The number of nitrogens with zero attached hydrogens (tertiary/aromatic N) is 2. The largest absolute Gasteiger partial charge is 0.273 e. The molecular weight excluding hydrogens is 171 g/mol. The van der Waals surface area contributed by atoms with Crippen molar-refractivity contribution in [2.24, 2.45) is 0 Å². The third-order valence-corrected chi connectivity index (χ3v) is 3.00. The van der Waals surface area contributed by atoms with Crippen LogP contribution in [0.15, 0.2) is 18.3 Å². The number of rotatable bonds is 1. The standard InChI is InChI=1S/C11H11BN2/c12-10-7-9(3-6-14-10)11(8-13)4-1-2-5-11/h3,6-7H,1-2,4-5H2. The maximum Gasteiger partial charge on any atom is 0.141 e. The number of hydrogen-bond donors (Lipinski definition) is 0. The Balaban J connectivity index is 2.42. The Bertz CT molecular complexity index is 375. The van der Waals surface area contributed by atoms with Gasteiger partial charge in [0.2, 0.25) is 0 Å². The molecule has 0 amide bonds. The summed E-state index contributed by atoms with van der Waals surface area (Å²) in [5.74, 6) is 0. The lowest BCUT2D eigenvalue weighted by atomic mass is 9.79. The fraction of sp³-hybridized carbons (Fsp3) is 0.455. The lowest BCUT2D eigenvalue weighted by molar-refractivity contribution is 0.573. The Hall–Kier alpha value is -1.30. The van der Waals surface area contributed by atoms with Crippen LogP contribution in [-0.2, 0) is 5.41 Å². The zero-order valence-electron chi connectivity index (χ0n) is 8.03. The molecule has 0 bridgehead atoms. The zero-order chi connectivity index (χ0) is 10.0. The molecule has 1 fully saturated rings. The summed E-state index contributed by atoms with van der Waals surface area (Å²) in [5.41, 5.74) is 1.24. The van der Waals surface area contributed by atoms with Crippen LogP contribution in [0.3, 0.4) is 0 Å². The Morgan fingerprint density at radius 2 is 2.14 bits per heavy atom. The van der Waals surface area contributed by atoms with E-state index in [1.165, 1.54) is 0 Å². The van der Waals surface area contributed by atoms with Crippen molar-refractivity contribution in [2.75, 3.05) is 0 Å². The van der Waals surface area contributed by atoms with Gasteiger partial charge in [0, 0.05) is 6.20 Å². The quantitative estimate of drug-likeness (QED) is 0.612. The molecule has 0 saturated heterocycles. The van der Waals surface area contributed by atoms with Gasteiger partial charge in [-0.1, -0.05) is 12.8 Å². The highest BCUT2D eigenvalue weighted by molar-refractivity contribution is 6.30. The fourth-order valence-electron chi connectivity index (χ4n) is 2.19. The predicted molar refractivity (Wildman–Crippen MR) is 55.4 cm³/mol. The second-order valence-electron chi connectivity index (χ2n) is 3.87. The zero-order valence-corrected chi connectivity index (χ0v) is 8.03. The Labute approximate surface area is 85.4 Å². The van der Waals surface area contributed by atoms with Gasteiger partial charge >= 0.3 is 0 Å². The van der Waals surface area contributed by atoms with Crippen LogP contribution >= 0.6 is 0 Å². The van der Waals surface area contributed by atoms with Crippen molar-refractivity contribution in [1.82, 2.24) is 4.98 Å². The molecule has 0 aromatic carbocycles. The van der Waals surface area contributed by atoms with E-state index in [2.05, 4.69) is 11.1 Å². The summed E-state index contributed by atoms with van der Waals surface area (Å²) in [4.78, 5) is 3.94. The first-order chi connectivity index (χ1) is 6.77. The molecule has 0 aliphatic heterocycles. The van der Waals surface area contributed by atoms with E-state index in [4.69, 9.17) is 7.85 Å². The number of aromatic nitrogens is 1. The van der Waals surface area contributed by atoms with E-state index >= 15 is 0 Å². The van der Waals surface area contributed by atoms with E-state index in [1.54, 1.807) is 6.20 Å². The molecule has 1 saturated carbocycles. The van der Waals surface area contributed by atoms with Crippen molar-refractivity contribution in [3.63, 3.8) is 0 Å². The molecule has 2 rings (SSSR count). The van der Waals surface area contributed by atoms with E-state index in [9.17, 15) is 5.26 Å². The highest BCUT2D eigenvalue weighted by atomic mass is 14.6. The molecule has 1 aromatic heterocycles. The molecule has 14 heavy (non-hydrogen) atoms. The number of nitriles is 1. The van der Waals surface area contributed by atoms with Crippen LogP contribution < -0.4 is 5.59 Å². The first-order valence-corrected chi connectivity index (χ1v) is 4.90. The Morgan fingerprint density at radius 3 is 2.71 bits per heavy atom. The van der Waals surface area contributed by atoms with Gasteiger partial charge < -0.3 is 0 Å². The van der Waals surface area contributed by atoms with Crippen molar-refractivity contribution in [3.8, 4) is 6.07 Å². The van der Waals surface area contributed by atoms with Crippen LogP contribution in [0.4, 0.5) is 0 Å². The summed E-state index contributed by atoms with van der Waals surface area (Å²) in [6.07, 6.45) is 5.85. The highest BCUT2D eigenvalue weighted by Crippen LogP contribution is 2.39. The van der Waals surface area contributed by atoms with E-state index in [-0.39, 0.29) is 5.41 Å². The maximum absolute atomic E-state index is 9.25. The van der Waals surface area contributed by atoms with Crippen LogP contribution in [0, 0.1) is 11.3 Å². The summed E-state index contributed by atoms with van der Waals surface area (Å²) in [7, 11) is 5.62. The van der Waals surface area contributed by atoms with Crippen LogP contribution in [0.1, 0.15) is 31.2 Å². The summed E-state index contributed by atoms with van der Waals surface area (Å²) in [5, 5.41) is 9.25. The fourth-order valence-corrected chi connectivity index (χ4v) is 2.19. The summed E-state index contributed by atoms with van der Waals surface area (Å²) >= 11 is 0. The second kappa shape index (κ2) is 3.45. The molecule has 1 aliphatic carbocycles. The molecule has 0 spiro atoms. The molecule has 1 aliphatic rings. The minimum atomic E-state index is -0.295. The highest BCUT2D eigenvalue weighted by Gasteiger charge is 2.35. The molecule has 2 nitrogen and oxygen atoms in total. The molecule has 1 aromatic rings. The molecule has 0 N–H and O–H groups in total. The third kappa shape index (κ3) is 1.41. The minimum Gasteiger partial charge on any atom is -0.273 e. The average Bonchev–Trinajstić information content (AvgIpc) is 2.67. The number of pyridine rings is 1. The lowest BCUT2D eigenvalue weighted by Crippen LogP contribution is -2.22. The van der Waals surface area contributed by atoms with Crippen molar-refractivity contribution in [2.45, 2.75) is 31.1 Å². The lowest BCUT2D eigenvalue weighted by Gasteiger charge is -2.20. The monoisotopic (exact) mass is 182 g/mol. The minimum absolute atomic E-state index is 0.295. The first-order valence-electron chi connectivity index (χ1n) is 4.90. The Kier molecular flexibility index (Phi) is 2.29. The van der Waals surface area contributed by atoms with Gasteiger partial charge in [0.25, 0.3) is 0 Å². The van der Waals surface area contributed by atoms with Crippen molar-refractivity contribution >= 4 is 13.4 Å². The summed E-state index contributed by atoms with van der Waals surface area (Å²) in [6.45, 7) is 0. The van der Waals surface area contributed by atoms with E-state index < -0.39 is 0 Å². The van der Waals surface area contributed by atoms with E-state index in [1.807, 2.05) is 12.1 Å². The van der Waals surface area contributed by atoms with Crippen molar-refractivity contribution in [3.05, 3.63) is 23.9 Å². The van der Waals surface area contributed by atoms with Crippen LogP contribution in [0.2, 0.25) is 0 Å². The van der Waals surface area contributed by atoms with Crippen LogP contribution in [-0.4, -0.2) is 12.8 Å². The summed E-state index contributed by atoms with van der Waals surface area (Å²) in [6, 6.07) is 6.17. The smallest absolute Gasteiger partial charge is 0.141 e. The molecule has 1 heterocycles. The molecular formula is C11H11BN2. The van der Waals surface area contributed by atoms with Crippen molar-refractivity contribution < 1.29 is 0 Å². The van der Waals surface area contributed by atoms with Gasteiger partial charge in [-0.2, -0.15) is 5.26 Å². The molecule has 0 unspecified atom stereocenters. The first kappa shape index (κ1) is 9.27. The topological polar surface area (TPSA) is 36.7 Å². The van der Waals surface area contributed by atoms with Gasteiger partial charge in [-0.05, 0) is 36.1 Å². The van der Waals surface area contributed by atoms with E-state index in [0.29, 0.717) is 5.59 Å². The van der Waals surface area contributed by atoms with Crippen molar-refractivity contribution in [1.29, 1.82) is 5.26 Å².